The lowest BCUT2D eigenvalue weighted by atomic mass is 10.1. The van der Waals surface area contributed by atoms with E-state index in [0.29, 0.717) is 0 Å². The predicted molar refractivity (Wildman–Crippen MR) is 60.1 cm³/mol. The molecule has 4 nitrogen and oxygen atoms in total. The molecule has 0 radical (unpaired) electrons. The van der Waals surface area contributed by atoms with Crippen molar-refractivity contribution >= 4 is 11.9 Å². The number of hydrogen-bond acceptors (Lipinski definition) is 3. The third-order valence-electron chi connectivity index (χ3n) is 2.27. The van der Waals surface area contributed by atoms with Crippen LogP contribution in [0.2, 0.25) is 0 Å². The maximum atomic E-state index is 13.4. The van der Waals surface area contributed by atoms with Crippen molar-refractivity contribution in [2.24, 2.45) is 0 Å². The third-order valence-corrected chi connectivity index (χ3v) is 2.27. The molecule has 1 N–H and O–H groups in total. The maximum Gasteiger partial charge on any atom is 0.328 e. The van der Waals surface area contributed by atoms with Crippen molar-refractivity contribution < 1.29 is 18.7 Å². The third kappa shape index (κ3) is 3.27. The van der Waals surface area contributed by atoms with E-state index in [-0.39, 0.29) is 5.56 Å². The fourth-order valence-corrected chi connectivity index (χ4v) is 1.32. The Labute approximate surface area is 98.8 Å². The molecular formula is C12H14FNO3. The fraction of sp³-hybridized carbons (Fsp3) is 0.333. The lowest BCUT2D eigenvalue weighted by Crippen LogP contribution is -2.39. The lowest BCUT2D eigenvalue weighted by molar-refractivity contribution is -0.142. The van der Waals surface area contributed by atoms with Gasteiger partial charge < -0.3 is 10.1 Å². The zero-order valence-electron chi connectivity index (χ0n) is 9.91. The van der Waals surface area contributed by atoms with Crippen LogP contribution in [0.1, 0.15) is 22.8 Å². The molecule has 0 aromatic heterocycles. The second-order valence-corrected chi connectivity index (χ2v) is 3.70. The van der Waals surface area contributed by atoms with Crippen molar-refractivity contribution in [1.82, 2.24) is 5.32 Å². The number of amides is 1. The first-order valence-corrected chi connectivity index (χ1v) is 5.10. The molecule has 0 saturated heterocycles. The first-order chi connectivity index (χ1) is 7.95. The van der Waals surface area contributed by atoms with E-state index in [4.69, 9.17) is 0 Å². The van der Waals surface area contributed by atoms with Crippen LogP contribution in [0.25, 0.3) is 0 Å². The maximum absolute atomic E-state index is 13.4. The van der Waals surface area contributed by atoms with Crippen LogP contribution in [0, 0.1) is 12.7 Å². The van der Waals surface area contributed by atoms with Gasteiger partial charge in [0.15, 0.2) is 0 Å². The Morgan fingerprint density at radius 1 is 1.41 bits per heavy atom. The molecule has 0 saturated carbocycles. The Kier molecular flexibility index (Phi) is 4.20. The van der Waals surface area contributed by atoms with Crippen molar-refractivity contribution in [1.29, 1.82) is 0 Å². The van der Waals surface area contributed by atoms with Crippen LogP contribution in [0.15, 0.2) is 18.2 Å². The Balaban J connectivity index is 2.83. The molecule has 1 atom stereocenters. The number of carbonyl (C=O) groups is 2. The molecule has 92 valence electrons. The summed E-state index contributed by atoms with van der Waals surface area (Å²) in [6.45, 7) is 3.22. The topological polar surface area (TPSA) is 55.4 Å². The molecule has 0 bridgehead atoms. The molecule has 1 aromatic rings. The predicted octanol–water partition coefficient (Wildman–Crippen LogP) is 1.43. The van der Waals surface area contributed by atoms with E-state index in [2.05, 4.69) is 10.1 Å². The van der Waals surface area contributed by atoms with E-state index in [1.54, 1.807) is 13.0 Å². The Hall–Kier alpha value is -1.91. The summed E-state index contributed by atoms with van der Waals surface area (Å²) in [7, 11) is 1.22. The number of carbonyl (C=O) groups excluding carboxylic acids is 2. The molecule has 0 fully saturated rings. The van der Waals surface area contributed by atoms with Gasteiger partial charge in [-0.1, -0.05) is 11.6 Å². The quantitative estimate of drug-likeness (QED) is 0.812. The molecule has 0 heterocycles. The van der Waals surface area contributed by atoms with E-state index < -0.39 is 23.7 Å². The second-order valence-electron chi connectivity index (χ2n) is 3.70. The van der Waals surface area contributed by atoms with Gasteiger partial charge >= 0.3 is 5.97 Å². The zero-order valence-corrected chi connectivity index (χ0v) is 9.91. The molecule has 0 spiro atoms. The van der Waals surface area contributed by atoms with Crippen LogP contribution in [0.5, 0.6) is 0 Å². The van der Waals surface area contributed by atoms with E-state index in [0.717, 1.165) is 5.56 Å². The number of ether oxygens (including phenoxy) is 1. The molecule has 1 aromatic carbocycles. The standard InChI is InChI=1S/C12H14FNO3/c1-7-4-5-10(13)9(6-7)11(15)14-8(2)12(16)17-3/h4-6,8H,1-3H3,(H,14,15)/t8-/m0/s1. The molecule has 0 aliphatic carbocycles. The minimum absolute atomic E-state index is 0.0826. The van der Waals surface area contributed by atoms with Crippen molar-refractivity contribution in [3.63, 3.8) is 0 Å². The second kappa shape index (κ2) is 5.43. The van der Waals surface area contributed by atoms with Crippen LogP contribution in [0.3, 0.4) is 0 Å². The lowest BCUT2D eigenvalue weighted by Gasteiger charge is -2.12. The molecule has 1 rings (SSSR count). The average molecular weight is 239 g/mol. The summed E-state index contributed by atoms with van der Waals surface area (Å²) in [5, 5.41) is 2.36. The summed E-state index contributed by atoms with van der Waals surface area (Å²) in [4.78, 5) is 22.8. The van der Waals surface area contributed by atoms with Gasteiger partial charge in [-0.15, -0.1) is 0 Å². The number of methoxy groups -OCH3 is 1. The highest BCUT2D eigenvalue weighted by Crippen LogP contribution is 2.10. The van der Waals surface area contributed by atoms with Crippen LogP contribution < -0.4 is 5.32 Å². The van der Waals surface area contributed by atoms with Gasteiger partial charge in [-0.25, -0.2) is 9.18 Å². The van der Waals surface area contributed by atoms with Crippen molar-refractivity contribution in [3.05, 3.63) is 35.1 Å². The highest BCUT2D eigenvalue weighted by Gasteiger charge is 2.19. The highest BCUT2D eigenvalue weighted by atomic mass is 19.1. The summed E-state index contributed by atoms with van der Waals surface area (Å²) < 4.78 is 17.8. The SMILES string of the molecule is COC(=O)[C@H](C)NC(=O)c1cc(C)ccc1F. The Morgan fingerprint density at radius 3 is 2.65 bits per heavy atom. The van der Waals surface area contributed by atoms with Crippen molar-refractivity contribution in [2.45, 2.75) is 19.9 Å². The van der Waals surface area contributed by atoms with Crippen LogP contribution in [0.4, 0.5) is 4.39 Å². The van der Waals surface area contributed by atoms with Gasteiger partial charge in [-0.3, -0.25) is 4.79 Å². The monoisotopic (exact) mass is 239 g/mol. The Morgan fingerprint density at radius 2 is 2.06 bits per heavy atom. The first kappa shape index (κ1) is 13.2. The van der Waals surface area contributed by atoms with Crippen molar-refractivity contribution in [3.8, 4) is 0 Å². The van der Waals surface area contributed by atoms with E-state index in [1.807, 2.05) is 0 Å². The Bertz CT molecular complexity index is 445. The van der Waals surface area contributed by atoms with E-state index in [1.165, 1.54) is 26.2 Å². The highest BCUT2D eigenvalue weighted by molar-refractivity contribution is 5.97. The van der Waals surface area contributed by atoms with Crippen LogP contribution in [-0.2, 0) is 9.53 Å². The van der Waals surface area contributed by atoms with Gasteiger partial charge in [0.2, 0.25) is 0 Å². The summed E-state index contributed by atoms with van der Waals surface area (Å²) in [6, 6.07) is 3.39. The summed E-state index contributed by atoms with van der Waals surface area (Å²) in [6.07, 6.45) is 0. The number of esters is 1. The van der Waals surface area contributed by atoms with Crippen LogP contribution >= 0.6 is 0 Å². The minimum Gasteiger partial charge on any atom is -0.467 e. The summed E-state index contributed by atoms with van der Waals surface area (Å²) in [5.74, 6) is -1.83. The molecule has 1 amide bonds. The smallest absolute Gasteiger partial charge is 0.328 e. The normalized spacial score (nSPS) is 11.8. The van der Waals surface area contributed by atoms with Crippen molar-refractivity contribution in [2.75, 3.05) is 7.11 Å². The molecule has 0 unspecified atom stereocenters. The molecular weight excluding hydrogens is 225 g/mol. The number of rotatable bonds is 3. The molecule has 0 aliphatic rings. The molecule has 17 heavy (non-hydrogen) atoms. The van der Waals surface area contributed by atoms with Gasteiger partial charge in [0.25, 0.3) is 5.91 Å². The van der Waals surface area contributed by atoms with Gasteiger partial charge in [-0.2, -0.15) is 0 Å². The summed E-state index contributed by atoms with van der Waals surface area (Å²) >= 11 is 0. The largest absolute Gasteiger partial charge is 0.467 e. The number of aryl methyl sites for hydroxylation is 1. The fourth-order valence-electron chi connectivity index (χ4n) is 1.32. The number of nitrogens with one attached hydrogen (secondary N) is 1. The number of benzene rings is 1. The first-order valence-electron chi connectivity index (χ1n) is 5.10. The molecule has 5 heteroatoms. The molecule has 0 aliphatic heterocycles. The van der Waals surface area contributed by atoms with Gasteiger partial charge in [0, 0.05) is 0 Å². The van der Waals surface area contributed by atoms with E-state index >= 15 is 0 Å². The minimum atomic E-state index is -0.813. The number of halogens is 1. The number of hydrogen-bond donors (Lipinski definition) is 1. The van der Waals surface area contributed by atoms with Gasteiger partial charge in [-0.05, 0) is 26.0 Å². The van der Waals surface area contributed by atoms with Gasteiger partial charge in [0.05, 0.1) is 12.7 Å². The van der Waals surface area contributed by atoms with Gasteiger partial charge in [0.1, 0.15) is 11.9 Å². The average Bonchev–Trinajstić information content (AvgIpc) is 2.30. The zero-order chi connectivity index (χ0) is 13.0. The summed E-state index contributed by atoms with van der Waals surface area (Å²) in [5.41, 5.74) is 0.683. The van der Waals surface area contributed by atoms with Crippen LogP contribution in [-0.4, -0.2) is 25.0 Å². The van der Waals surface area contributed by atoms with E-state index in [9.17, 15) is 14.0 Å².